The molecule has 0 radical (unpaired) electrons. The van der Waals surface area contributed by atoms with Crippen molar-refractivity contribution in [1.29, 1.82) is 0 Å². The van der Waals surface area contributed by atoms with Crippen LogP contribution in [-0.2, 0) is 0 Å². The monoisotopic (exact) mass is 499 g/mol. The van der Waals surface area contributed by atoms with E-state index in [-0.39, 0.29) is 0 Å². The van der Waals surface area contributed by atoms with Crippen molar-refractivity contribution in [3.63, 3.8) is 0 Å². The molecule has 9 rings (SSSR count). The fourth-order valence-electron chi connectivity index (χ4n) is 6.46. The fourth-order valence-corrected chi connectivity index (χ4v) is 6.46. The Labute approximate surface area is 222 Å². The zero-order valence-electron chi connectivity index (χ0n) is 20.9. The van der Waals surface area contributed by atoms with E-state index in [0.717, 1.165) is 16.8 Å². The first-order valence-electron chi connectivity index (χ1n) is 13.1. The molecular formula is C35H21N3O. The van der Waals surface area contributed by atoms with E-state index in [1.165, 1.54) is 66.5 Å². The molecule has 0 aliphatic heterocycles. The van der Waals surface area contributed by atoms with Gasteiger partial charge in [0.1, 0.15) is 5.52 Å². The number of para-hydroxylation sites is 3. The number of rotatable bonds is 2. The number of aromatic nitrogens is 3. The third-order valence-electron chi connectivity index (χ3n) is 8.05. The Kier molecular flexibility index (Phi) is 4.02. The van der Waals surface area contributed by atoms with Gasteiger partial charge in [0.25, 0.3) is 0 Å². The summed E-state index contributed by atoms with van der Waals surface area (Å²) in [5.41, 5.74) is 8.68. The van der Waals surface area contributed by atoms with E-state index < -0.39 is 0 Å². The van der Waals surface area contributed by atoms with Crippen LogP contribution in [0.25, 0.3) is 76.9 Å². The molecule has 3 heterocycles. The zero-order valence-corrected chi connectivity index (χ0v) is 20.9. The number of benzene rings is 6. The van der Waals surface area contributed by atoms with Gasteiger partial charge in [0, 0.05) is 32.9 Å². The maximum atomic E-state index is 5.51. The molecule has 182 valence electrons. The van der Waals surface area contributed by atoms with Crippen LogP contribution in [-0.4, -0.2) is 14.1 Å². The third-order valence-corrected chi connectivity index (χ3v) is 8.05. The van der Waals surface area contributed by atoms with E-state index in [2.05, 4.69) is 129 Å². The zero-order chi connectivity index (χ0) is 25.5. The van der Waals surface area contributed by atoms with Gasteiger partial charge in [0.15, 0.2) is 12.0 Å². The van der Waals surface area contributed by atoms with Crippen LogP contribution in [0.3, 0.4) is 0 Å². The molecule has 9 aromatic rings. The smallest absolute Gasteiger partial charge is 0.181 e. The van der Waals surface area contributed by atoms with Crippen LogP contribution in [0, 0.1) is 0 Å². The molecule has 4 nitrogen and oxygen atoms in total. The van der Waals surface area contributed by atoms with Crippen LogP contribution in [0.15, 0.2) is 132 Å². The van der Waals surface area contributed by atoms with Crippen LogP contribution in [0.4, 0.5) is 0 Å². The summed E-state index contributed by atoms with van der Waals surface area (Å²) >= 11 is 0. The first-order valence-corrected chi connectivity index (χ1v) is 13.1. The molecule has 0 N–H and O–H groups in total. The van der Waals surface area contributed by atoms with Gasteiger partial charge in [0.05, 0.1) is 22.1 Å². The Morgan fingerprint density at radius 1 is 0.462 bits per heavy atom. The SMILES string of the molecule is c1ccc(-n2c3ccccc3c3c4ccc5c(c4ccc32)c2ccccc2n5-c2ccc3ocnc3c2)cc1. The van der Waals surface area contributed by atoms with Crippen molar-refractivity contribution in [2.24, 2.45) is 0 Å². The Hall–Kier alpha value is -5.35. The van der Waals surface area contributed by atoms with Gasteiger partial charge in [-0.25, -0.2) is 4.98 Å². The standard InChI is InChI=1S/C35H21N3O/c1-2-8-22(9-3-1)37-29-12-6-4-10-26(29)34-24-16-18-32-35(25(24)15-17-31(34)37)27-11-5-7-13-30(27)38(32)23-14-19-33-28(20-23)36-21-39-33/h1-21H. The molecule has 0 saturated heterocycles. The Bertz CT molecular complexity index is 2390. The lowest BCUT2D eigenvalue weighted by Crippen LogP contribution is -1.94. The maximum absolute atomic E-state index is 5.51. The summed E-state index contributed by atoms with van der Waals surface area (Å²) in [4.78, 5) is 4.41. The number of fused-ring (bicyclic) bond motifs is 10. The molecule has 3 aromatic heterocycles. The quantitative estimate of drug-likeness (QED) is 0.238. The molecule has 0 saturated carbocycles. The molecule has 0 amide bonds. The van der Waals surface area contributed by atoms with Crippen molar-refractivity contribution in [2.45, 2.75) is 0 Å². The average Bonchev–Trinajstić information content (AvgIpc) is 3.69. The molecule has 4 heteroatoms. The lowest BCUT2D eigenvalue weighted by atomic mass is 9.99. The van der Waals surface area contributed by atoms with Gasteiger partial charge in [-0.15, -0.1) is 0 Å². The van der Waals surface area contributed by atoms with Crippen LogP contribution < -0.4 is 0 Å². The highest BCUT2D eigenvalue weighted by Crippen LogP contribution is 2.42. The van der Waals surface area contributed by atoms with Crippen molar-refractivity contribution in [3.05, 3.63) is 128 Å². The number of oxazole rings is 1. The fraction of sp³-hybridized carbons (Fsp3) is 0. The van der Waals surface area contributed by atoms with Gasteiger partial charge < -0.3 is 13.6 Å². The van der Waals surface area contributed by atoms with E-state index >= 15 is 0 Å². The second-order valence-electron chi connectivity index (χ2n) is 10.1. The van der Waals surface area contributed by atoms with Gasteiger partial charge in [-0.2, -0.15) is 0 Å². The highest BCUT2D eigenvalue weighted by Gasteiger charge is 2.19. The van der Waals surface area contributed by atoms with Gasteiger partial charge in [-0.05, 0) is 65.4 Å². The summed E-state index contributed by atoms with van der Waals surface area (Å²) in [6.45, 7) is 0. The Balaban J connectivity index is 1.44. The summed E-state index contributed by atoms with van der Waals surface area (Å²) in [5.74, 6) is 0. The second-order valence-corrected chi connectivity index (χ2v) is 10.1. The molecule has 0 fully saturated rings. The van der Waals surface area contributed by atoms with Crippen molar-refractivity contribution < 1.29 is 4.42 Å². The summed E-state index contributed by atoms with van der Waals surface area (Å²) in [5, 5.41) is 7.58. The molecule has 0 atom stereocenters. The van der Waals surface area contributed by atoms with Crippen molar-refractivity contribution in [2.75, 3.05) is 0 Å². The Morgan fingerprint density at radius 2 is 1.05 bits per heavy atom. The molecular weight excluding hydrogens is 478 g/mol. The minimum atomic E-state index is 0.794. The van der Waals surface area contributed by atoms with Crippen LogP contribution >= 0.6 is 0 Å². The predicted octanol–water partition coefficient (Wildman–Crippen LogP) is 9.18. The molecule has 6 aromatic carbocycles. The number of hydrogen-bond donors (Lipinski definition) is 0. The van der Waals surface area contributed by atoms with E-state index in [0.29, 0.717) is 0 Å². The summed E-state index contributed by atoms with van der Waals surface area (Å²) in [6.07, 6.45) is 1.50. The molecule has 0 spiro atoms. The first-order chi connectivity index (χ1) is 19.4. The minimum absolute atomic E-state index is 0.794. The van der Waals surface area contributed by atoms with Crippen molar-refractivity contribution >= 4 is 65.5 Å². The lowest BCUT2D eigenvalue weighted by molar-refractivity contribution is 0.602. The van der Waals surface area contributed by atoms with Crippen molar-refractivity contribution in [1.82, 2.24) is 14.1 Å². The molecule has 39 heavy (non-hydrogen) atoms. The largest absolute Gasteiger partial charge is 0.443 e. The highest BCUT2D eigenvalue weighted by molar-refractivity contribution is 6.29. The van der Waals surface area contributed by atoms with Gasteiger partial charge in [-0.1, -0.05) is 66.7 Å². The maximum Gasteiger partial charge on any atom is 0.181 e. The lowest BCUT2D eigenvalue weighted by Gasteiger charge is -2.10. The van der Waals surface area contributed by atoms with E-state index in [9.17, 15) is 0 Å². The third kappa shape index (κ3) is 2.75. The van der Waals surface area contributed by atoms with Gasteiger partial charge >= 0.3 is 0 Å². The topological polar surface area (TPSA) is 35.9 Å². The highest BCUT2D eigenvalue weighted by atomic mass is 16.3. The molecule has 0 aliphatic carbocycles. The molecule has 0 unspecified atom stereocenters. The summed E-state index contributed by atoms with van der Waals surface area (Å²) < 4.78 is 10.2. The first kappa shape index (κ1) is 20.7. The summed E-state index contributed by atoms with van der Waals surface area (Å²) in [7, 11) is 0. The van der Waals surface area contributed by atoms with E-state index in [4.69, 9.17) is 4.42 Å². The molecule has 0 bridgehead atoms. The van der Waals surface area contributed by atoms with Gasteiger partial charge in [0.2, 0.25) is 0 Å². The number of nitrogens with zero attached hydrogens (tertiary/aromatic N) is 3. The normalized spacial score (nSPS) is 12.1. The average molecular weight is 500 g/mol. The Morgan fingerprint density at radius 3 is 1.72 bits per heavy atom. The van der Waals surface area contributed by atoms with Crippen LogP contribution in [0.1, 0.15) is 0 Å². The minimum Gasteiger partial charge on any atom is -0.443 e. The van der Waals surface area contributed by atoms with Crippen LogP contribution in [0.2, 0.25) is 0 Å². The second kappa shape index (κ2) is 7.59. The van der Waals surface area contributed by atoms with E-state index in [1.807, 2.05) is 6.07 Å². The summed E-state index contributed by atoms with van der Waals surface area (Å²) in [6, 6.07) is 43.4. The van der Waals surface area contributed by atoms with E-state index in [1.54, 1.807) is 0 Å². The predicted molar refractivity (Wildman–Crippen MR) is 160 cm³/mol. The van der Waals surface area contributed by atoms with Crippen LogP contribution in [0.5, 0.6) is 0 Å². The number of hydrogen-bond acceptors (Lipinski definition) is 2. The van der Waals surface area contributed by atoms with Crippen molar-refractivity contribution in [3.8, 4) is 11.4 Å². The van der Waals surface area contributed by atoms with Gasteiger partial charge in [-0.3, -0.25) is 0 Å². The molecule has 0 aliphatic rings.